The first-order valence-corrected chi connectivity index (χ1v) is 7.88. The van der Waals surface area contributed by atoms with Gasteiger partial charge in [0.1, 0.15) is 0 Å². The maximum absolute atomic E-state index is 12.2. The zero-order valence-electron chi connectivity index (χ0n) is 11.2. The van der Waals surface area contributed by atoms with Crippen molar-refractivity contribution in [1.29, 1.82) is 0 Å². The van der Waals surface area contributed by atoms with Crippen LogP contribution in [-0.2, 0) is 4.79 Å². The van der Waals surface area contributed by atoms with E-state index in [9.17, 15) is 4.79 Å². The molecule has 3 nitrogen and oxygen atoms in total. The SMILES string of the molecule is O=C1CCC[C@@H]2C3CCCN4CCCC(CN12)C34. The van der Waals surface area contributed by atoms with Gasteiger partial charge < -0.3 is 4.90 Å². The van der Waals surface area contributed by atoms with Crippen LogP contribution < -0.4 is 0 Å². The van der Waals surface area contributed by atoms with Gasteiger partial charge in [0.05, 0.1) is 0 Å². The third-order valence-corrected chi connectivity index (χ3v) is 5.88. The van der Waals surface area contributed by atoms with Gasteiger partial charge in [0.15, 0.2) is 0 Å². The Kier molecular flexibility index (Phi) is 2.65. The van der Waals surface area contributed by atoms with E-state index in [0.717, 1.165) is 37.3 Å². The highest BCUT2D eigenvalue weighted by atomic mass is 16.2. The Labute approximate surface area is 110 Å². The molecule has 0 radical (unpaired) electrons. The average molecular weight is 248 g/mol. The van der Waals surface area contributed by atoms with Crippen LogP contribution in [0.2, 0.25) is 0 Å². The van der Waals surface area contributed by atoms with Crippen molar-refractivity contribution in [2.45, 2.75) is 57.0 Å². The Morgan fingerprint density at radius 1 is 1.00 bits per heavy atom. The van der Waals surface area contributed by atoms with Crippen molar-refractivity contribution in [1.82, 2.24) is 9.80 Å². The van der Waals surface area contributed by atoms with Crippen LogP contribution in [0.4, 0.5) is 0 Å². The summed E-state index contributed by atoms with van der Waals surface area (Å²) in [4.78, 5) is 17.2. The number of nitrogens with zero attached hydrogens (tertiary/aromatic N) is 2. The van der Waals surface area contributed by atoms with E-state index in [2.05, 4.69) is 9.80 Å². The second-order valence-corrected chi connectivity index (χ2v) is 6.74. The molecule has 0 bridgehead atoms. The fourth-order valence-corrected chi connectivity index (χ4v) is 5.26. The van der Waals surface area contributed by atoms with Crippen molar-refractivity contribution in [2.24, 2.45) is 11.8 Å². The Bertz CT molecular complexity index is 354. The van der Waals surface area contributed by atoms with Crippen LogP contribution in [0, 0.1) is 11.8 Å². The fraction of sp³-hybridized carbons (Fsp3) is 0.933. The lowest BCUT2D eigenvalue weighted by atomic mass is 9.68. The van der Waals surface area contributed by atoms with Gasteiger partial charge in [-0.1, -0.05) is 0 Å². The zero-order chi connectivity index (χ0) is 12.1. The predicted molar refractivity (Wildman–Crippen MR) is 70.2 cm³/mol. The molecule has 0 saturated carbocycles. The predicted octanol–water partition coefficient (Wildman–Crippen LogP) is 1.87. The highest BCUT2D eigenvalue weighted by Crippen LogP contribution is 2.44. The molecular formula is C15H24N2O. The molecule has 100 valence electrons. The molecule has 4 heterocycles. The van der Waals surface area contributed by atoms with Crippen LogP contribution in [0.25, 0.3) is 0 Å². The quantitative estimate of drug-likeness (QED) is 0.653. The Balaban J connectivity index is 1.66. The molecule has 4 rings (SSSR count). The molecule has 3 heteroatoms. The Morgan fingerprint density at radius 2 is 1.83 bits per heavy atom. The molecule has 4 fully saturated rings. The lowest BCUT2D eigenvalue weighted by molar-refractivity contribution is -0.150. The summed E-state index contributed by atoms with van der Waals surface area (Å²) >= 11 is 0. The van der Waals surface area contributed by atoms with Gasteiger partial charge in [-0.15, -0.1) is 0 Å². The Morgan fingerprint density at radius 3 is 2.72 bits per heavy atom. The molecule has 0 N–H and O–H groups in total. The minimum Gasteiger partial charge on any atom is -0.339 e. The van der Waals surface area contributed by atoms with Crippen molar-refractivity contribution >= 4 is 5.91 Å². The number of piperidine rings is 4. The summed E-state index contributed by atoms with van der Waals surface area (Å²) in [5.41, 5.74) is 0. The van der Waals surface area contributed by atoms with Gasteiger partial charge in [0, 0.05) is 25.0 Å². The minimum absolute atomic E-state index is 0.451. The molecule has 1 amide bonds. The number of hydrogen-bond acceptors (Lipinski definition) is 2. The summed E-state index contributed by atoms with van der Waals surface area (Å²) in [7, 11) is 0. The van der Waals surface area contributed by atoms with Crippen molar-refractivity contribution in [3.05, 3.63) is 0 Å². The normalized spacial score (nSPS) is 44.4. The summed E-state index contributed by atoms with van der Waals surface area (Å²) in [6.45, 7) is 3.71. The van der Waals surface area contributed by atoms with Crippen LogP contribution >= 0.6 is 0 Å². The molecule has 0 aromatic heterocycles. The molecule has 18 heavy (non-hydrogen) atoms. The summed E-state index contributed by atoms with van der Waals surface area (Å²) in [6, 6.07) is 1.41. The van der Waals surface area contributed by atoms with Crippen molar-refractivity contribution in [2.75, 3.05) is 19.6 Å². The summed E-state index contributed by atoms with van der Waals surface area (Å²) in [6.07, 6.45) is 8.64. The van der Waals surface area contributed by atoms with Crippen molar-refractivity contribution in [3.8, 4) is 0 Å². The maximum Gasteiger partial charge on any atom is 0.222 e. The molecule has 4 atom stereocenters. The topological polar surface area (TPSA) is 23.6 Å². The molecule has 4 aliphatic heterocycles. The minimum atomic E-state index is 0.451. The van der Waals surface area contributed by atoms with Crippen LogP contribution in [0.3, 0.4) is 0 Å². The van der Waals surface area contributed by atoms with Gasteiger partial charge in [0.25, 0.3) is 0 Å². The molecule has 4 aliphatic rings. The van der Waals surface area contributed by atoms with E-state index < -0.39 is 0 Å². The molecule has 3 unspecified atom stereocenters. The number of rotatable bonds is 0. The van der Waals surface area contributed by atoms with Gasteiger partial charge in [-0.05, 0) is 63.5 Å². The maximum atomic E-state index is 12.2. The van der Waals surface area contributed by atoms with Gasteiger partial charge in [0.2, 0.25) is 5.91 Å². The zero-order valence-corrected chi connectivity index (χ0v) is 11.2. The number of hydrogen-bond donors (Lipinski definition) is 0. The molecule has 0 aliphatic carbocycles. The van der Waals surface area contributed by atoms with Gasteiger partial charge >= 0.3 is 0 Å². The molecular weight excluding hydrogens is 224 g/mol. The number of amides is 1. The molecule has 4 saturated heterocycles. The van der Waals surface area contributed by atoms with Gasteiger partial charge in [-0.3, -0.25) is 9.69 Å². The number of carbonyl (C=O) groups is 1. The van der Waals surface area contributed by atoms with Crippen LogP contribution in [0.1, 0.15) is 44.9 Å². The van der Waals surface area contributed by atoms with E-state index in [0.29, 0.717) is 11.9 Å². The van der Waals surface area contributed by atoms with Crippen molar-refractivity contribution in [3.63, 3.8) is 0 Å². The molecule has 0 spiro atoms. The van der Waals surface area contributed by atoms with E-state index in [-0.39, 0.29) is 0 Å². The monoisotopic (exact) mass is 248 g/mol. The van der Waals surface area contributed by atoms with E-state index in [1.807, 2.05) is 0 Å². The van der Waals surface area contributed by atoms with E-state index in [1.54, 1.807) is 0 Å². The second-order valence-electron chi connectivity index (χ2n) is 6.74. The first-order chi connectivity index (χ1) is 8.84. The lowest BCUT2D eigenvalue weighted by Crippen LogP contribution is -2.66. The second kappa shape index (κ2) is 4.22. The number of carbonyl (C=O) groups excluding carboxylic acids is 1. The summed E-state index contributed by atoms with van der Waals surface area (Å²) in [5.74, 6) is 2.02. The highest BCUT2D eigenvalue weighted by molar-refractivity contribution is 5.77. The van der Waals surface area contributed by atoms with E-state index in [1.165, 1.54) is 45.2 Å². The van der Waals surface area contributed by atoms with Crippen molar-refractivity contribution < 1.29 is 4.79 Å². The average Bonchev–Trinajstić information content (AvgIpc) is 2.41. The largest absolute Gasteiger partial charge is 0.339 e. The summed E-state index contributed by atoms with van der Waals surface area (Å²) in [5, 5.41) is 0. The first-order valence-electron chi connectivity index (χ1n) is 7.88. The fourth-order valence-electron chi connectivity index (χ4n) is 5.26. The third kappa shape index (κ3) is 1.56. The molecule has 0 aromatic rings. The summed E-state index contributed by atoms with van der Waals surface area (Å²) < 4.78 is 0. The van der Waals surface area contributed by atoms with Gasteiger partial charge in [-0.25, -0.2) is 0 Å². The van der Waals surface area contributed by atoms with Gasteiger partial charge in [-0.2, -0.15) is 0 Å². The first kappa shape index (κ1) is 11.3. The third-order valence-electron chi connectivity index (χ3n) is 5.88. The standard InChI is InChI=1S/C15H24N2O/c18-14-7-1-6-13-12-5-3-9-16-8-2-4-11(15(12)16)10-17(13)14/h11-13,15H,1-10H2/t11?,12?,13-,15?/m1/s1. The van der Waals surface area contributed by atoms with Crippen LogP contribution in [-0.4, -0.2) is 47.4 Å². The van der Waals surface area contributed by atoms with E-state index in [4.69, 9.17) is 0 Å². The number of fused-ring (bicyclic) bond motifs is 2. The smallest absolute Gasteiger partial charge is 0.222 e. The Hall–Kier alpha value is -0.570. The highest BCUT2D eigenvalue weighted by Gasteiger charge is 2.50. The van der Waals surface area contributed by atoms with Crippen LogP contribution in [0.15, 0.2) is 0 Å². The lowest BCUT2D eigenvalue weighted by Gasteiger charge is -2.58. The van der Waals surface area contributed by atoms with E-state index >= 15 is 0 Å². The molecule has 0 aromatic carbocycles. The van der Waals surface area contributed by atoms with Crippen LogP contribution in [0.5, 0.6) is 0 Å².